The summed E-state index contributed by atoms with van der Waals surface area (Å²) in [6, 6.07) is 10.7. The maximum atomic E-state index is 12.9. The van der Waals surface area contributed by atoms with Crippen molar-refractivity contribution in [1.82, 2.24) is 9.21 Å². The molecule has 2 rings (SSSR count). The van der Waals surface area contributed by atoms with Crippen LogP contribution in [-0.2, 0) is 14.8 Å². The third-order valence-corrected chi connectivity index (χ3v) is 6.99. The molecule has 0 aliphatic heterocycles. The van der Waals surface area contributed by atoms with Gasteiger partial charge in [-0.2, -0.15) is 4.31 Å². The van der Waals surface area contributed by atoms with Crippen molar-refractivity contribution in [3.05, 3.63) is 53.1 Å². The highest BCUT2D eigenvalue weighted by Gasteiger charge is 2.25. The first-order valence-electron chi connectivity index (χ1n) is 9.63. The molecular formula is C21H26ClN3O5S. The van der Waals surface area contributed by atoms with Crippen molar-refractivity contribution < 1.29 is 22.7 Å². The summed E-state index contributed by atoms with van der Waals surface area (Å²) in [4.78, 5) is 26.3. The molecule has 168 valence electrons. The molecule has 0 bridgehead atoms. The molecule has 2 aromatic rings. The molecule has 2 aromatic carbocycles. The minimum absolute atomic E-state index is 0.00893. The number of benzene rings is 2. The number of likely N-dealkylation sites (N-methyl/N-ethyl adjacent to an activating group) is 1. The van der Waals surface area contributed by atoms with Gasteiger partial charge in [-0.25, -0.2) is 8.42 Å². The summed E-state index contributed by atoms with van der Waals surface area (Å²) < 4.78 is 31.9. The molecule has 10 heteroatoms. The first-order chi connectivity index (χ1) is 14.6. The highest BCUT2D eigenvalue weighted by atomic mass is 35.5. The summed E-state index contributed by atoms with van der Waals surface area (Å²) >= 11 is 6.16. The van der Waals surface area contributed by atoms with Crippen molar-refractivity contribution >= 4 is 39.1 Å². The number of hydrogen-bond donors (Lipinski definition) is 1. The number of hydrogen-bond acceptors (Lipinski definition) is 5. The molecule has 0 saturated carbocycles. The summed E-state index contributed by atoms with van der Waals surface area (Å²) in [5.41, 5.74) is 0.562. The van der Waals surface area contributed by atoms with Gasteiger partial charge in [0, 0.05) is 25.8 Å². The van der Waals surface area contributed by atoms with E-state index in [-0.39, 0.29) is 22.0 Å². The van der Waals surface area contributed by atoms with Crippen LogP contribution < -0.4 is 10.1 Å². The van der Waals surface area contributed by atoms with Crippen LogP contribution >= 0.6 is 11.6 Å². The van der Waals surface area contributed by atoms with Crippen LogP contribution in [0.1, 0.15) is 24.2 Å². The lowest BCUT2D eigenvalue weighted by atomic mass is 10.2. The first-order valence-corrected chi connectivity index (χ1v) is 11.4. The monoisotopic (exact) mass is 467 g/mol. The van der Waals surface area contributed by atoms with Crippen molar-refractivity contribution in [3.8, 4) is 5.75 Å². The van der Waals surface area contributed by atoms with E-state index in [2.05, 4.69) is 5.32 Å². The SMILES string of the molecule is CCN(CC)S(=O)(=O)c1ccc(Cl)c(C(=O)N(C)CC(=O)Nc2ccc(OC)cc2)c1. The second kappa shape index (κ2) is 10.6. The second-order valence-corrected chi connectivity index (χ2v) is 9.01. The Hall–Kier alpha value is -2.62. The molecule has 0 aliphatic rings. The van der Waals surface area contributed by atoms with Crippen LogP contribution in [0.5, 0.6) is 5.75 Å². The van der Waals surface area contributed by atoms with E-state index >= 15 is 0 Å². The molecule has 0 saturated heterocycles. The molecule has 8 nitrogen and oxygen atoms in total. The van der Waals surface area contributed by atoms with Gasteiger partial charge in [0.2, 0.25) is 15.9 Å². The van der Waals surface area contributed by atoms with E-state index in [1.807, 2.05) is 0 Å². The van der Waals surface area contributed by atoms with Gasteiger partial charge in [-0.3, -0.25) is 9.59 Å². The lowest BCUT2D eigenvalue weighted by Gasteiger charge is -2.20. The Morgan fingerprint density at radius 3 is 2.23 bits per heavy atom. The van der Waals surface area contributed by atoms with Crippen LogP contribution in [-0.4, -0.2) is 63.2 Å². The van der Waals surface area contributed by atoms with E-state index in [4.69, 9.17) is 16.3 Å². The van der Waals surface area contributed by atoms with Crippen molar-refractivity contribution in [2.24, 2.45) is 0 Å². The van der Waals surface area contributed by atoms with E-state index in [1.54, 1.807) is 45.2 Å². The van der Waals surface area contributed by atoms with Crippen molar-refractivity contribution in [2.75, 3.05) is 39.1 Å². The fraction of sp³-hybridized carbons (Fsp3) is 0.333. The van der Waals surface area contributed by atoms with Gasteiger partial charge in [0.25, 0.3) is 5.91 Å². The average molecular weight is 468 g/mol. The Kier molecular flexibility index (Phi) is 8.43. The van der Waals surface area contributed by atoms with Gasteiger partial charge in [0.15, 0.2) is 0 Å². The number of halogens is 1. The molecule has 2 amide bonds. The molecular weight excluding hydrogens is 442 g/mol. The van der Waals surface area contributed by atoms with E-state index in [0.29, 0.717) is 24.5 Å². The van der Waals surface area contributed by atoms with Gasteiger partial charge < -0.3 is 15.0 Å². The highest BCUT2D eigenvalue weighted by molar-refractivity contribution is 7.89. The van der Waals surface area contributed by atoms with Crippen molar-refractivity contribution in [1.29, 1.82) is 0 Å². The summed E-state index contributed by atoms with van der Waals surface area (Å²) in [6.45, 7) is 3.83. The van der Waals surface area contributed by atoms with Gasteiger partial charge >= 0.3 is 0 Å². The number of methoxy groups -OCH3 is 1. The van der Waals surface area contributed by atoms with Crippen LogP contribution in [0.15, 0.2) is 47.4 Å². The maximum Gasteiger partial charge on any atom is 0.255 e. The van der Waals surface area contributed by atoms with Gasteiger partial charge in [-0.15, -0.1) is 0 Å². The number of amides is 2. The van der Waals surface area contributed by atoms with Crippen LogP contribution in [0.3, 0.4) is 0 Å². The van der Waals surface area contributed by atoms with Gasteiger partial charge in [0.05, 0.1) is 29.1 Å². The Balaban J connectivity index is 2.16. The number of anilines is 1. The first kappa shape index (κ1) is 24.6. The highest BCUT2D eigenvalue weighted by Crippen LogP contribution is 2.24. The van der Waals surface area contributed by atoms with Crippen molar-refractivity contribution in [2.45, 2.75) is 18.7 Å². The third-order valence-electron chi connectivity index (χ3n) is 4.61. The molecule has 0 atom stereocenters. The summed E-state index contributed by atoms with van der Waals surface area (Å²) in [7, 11) is -0.769. The predicted octanol–water partition coefficient (Wildman–Crippen LogP) is 3.09. The molecule has 0 heterocycles. The normalized spacial score (nSPS) is 11.3. The Morgan fingerprint density at radius 1 is 1.06 bits per heavy atom. The smallest absolute Gasteiger partial charge is 0.255 e. The van der Waals surface area contributed by atoms with E-state index in [1.165, 1.54) is 34.5 Å². The van der Waals surface area contributed by atoms with Gasteiger partial charge in [-0.05, 0) is 42.5 Å². The standard InChI is InChI=1S/C21H26ClN3O5S/c1-5-25(6-2)31(28,29)17-11-12-19(22)18(13-17)21(27)24(3)14-20(26)23-15-7-9-16(30-4)10-8-15/h7-13H,5-6,14H2,1-4H3,(H,23,26). The zero-order valence-corrected chi connectivity index (χ0v) is 19.5. The van der Waals surface area contributed by atoms with Gasteiger partial charge in [-0.1, -0.05) is 25.4 Å². The second-order valence-electron chi connectivity index (χ2n) is 6.67. The lowest BCUT2D eigenvalue weighted by Crippen LogP contribution is -2.35. The number of sulfonamides is 1. The number of nitrogens with zero attached hydrogens (tertiary/aromatic N) is 2. The predicted molar refractivity (Wildman–Crippen MR) is 120 cm³/mol. The summed E-state index contributed by atoms with van der Waals surface area (Å²) in [5, 5.41) is 2.79. The fourth-order valence-corrected chi connectivity index (χ4v) is 4.59. The molecule has 0 radical (unpaired) electrons. The number of nitrogens with one attached hydrogen (secondary N) is 1. The molecule has 0 aromatic heterocycles. The summed E-state index contributed by atoms with van der Waals surface area (Å²) in [6.07, 6.45) is 0. The van der Waals surface area contributed by atoms with E-state index in [0.717, 1.165) is 0 Å². The topological polar surface area (TPSA) is 96.0 Å². The zero-order valence-electron chi connectivity index (χ0n) is 17.9. The molecule has 0 aliphatic carbocycles. The van der Waals surface area contributed by atoms with Crippen molar-refractivity contribution in [3.63, 3.8) is 0 Å². The fourth-order valence-electron chi connectivity index (χ4n) is 2.91. The van der Waals surface area contributed by atoms with Crippen LogP contribution in [0.2, 0.25) is 5.02 Å². The Morgan fingerprint density at radius 2 is 1.68 bits per heavy atom. The maximum absolute atomic E-state index is 12.9. The number of carbonyl (C=O) groups is 2. The largest absolute Gasteiger partial charge is 0.497 e. The average Bonchev–Trinajstić information content (AvgIpc) is 2.74. The number of rotatable bonds is 9. The van der Waals surface area contributed by atoms with Crippen LogP contribution in [0.4, 0.5) is 5.69 Å². The molecule has 0 fully saturated rings. The Bertz CT molecular complexity index is 1040. The third kappa shape index (κ3) is 5.96. The zero-order chi connectivity index (χ0) is 23.2. The van der Waals surface area contributed by atoms with E-state index in [9.17, 15) is 18.0 Å². The van der Waals surface area contributed by atoms with Crippen LogP contribution in [0.25, 0.3) is 0 Å². The number of carbonyl (C=O) groups excluding carboxylic acids is 2. The molecule has 31 heavy (non-hydrogen) atoms. The van der Waals surface area contributed by atoms with E-state index < -0.39 is 21.8 Å². The van der Waals surface area contributed by atoms with Crippen LogP contribution in [0, 0.1) is 0 Å². The Labute approximate surface area is 187 Å². The molecule has 0 spiro atoms. The molecule has 1 N–H and O–H groups in total. The quantitative estimate of drug-likeness (QED) is 0.611. The summed E-state index contributed by atoms with van der Waals surface area (Å²) in [5.74, 6) is -0.324. The molecule has 0 unspecified atom stereocenters. The number of ether oxygens (including phenoxy) is 1. The van der Waals surface area contributed by atoms with Gasteiger partial charge in [0.1, 0.15) is 5.75 Å². The minimum Gasteiger partial charge on any atom is -0.497 e. The lowest BCUT2D eigenvalue weighted by molar-refractivity contribution is -0.116. The minimum atomic E-state index is -3.75.